The fourth-order valence-electron chi connectivity index (χ4n) is 5.14. The monoisotopic (exact) mass is 560 g/mol. The summed E-state index contributed by atoms with van der Waals surface area (Å²) in [5.74, 6) is 1.14. The van der Waals surface area contributed by atoms with Gasteiger partial charge in [0.15, 0.2) is 9.84 Å². The molecule has 5 rings (SSSR count). The Hall–Kier alpha value is -3.18. The van der Waals surface area contributed by atoms with Crippen LogP contribution in [0.4, 0.5) is 24.8 Å². The Balaban J connectivity index is 1.18. The number of alkyl halides is 3. The minimum atomic E-state index is -4.43. The fraction of sp³-hybridized carbons (Fsp3) is 0.429. The summed E-state index contributed by atoms with van der Waals surface area (Å²) in [7, 11) is -3.51. The highest BCUT2D eigenvalue weighted by atomic mass is 32.2. The second-order valence-electron chi connectivity index (χ2n) is 10.1. The largest absolute Gasteiger partial charge is 0.417 e. The van der Waals surface area contributed by atoms with Gasteiger partial charge in [0.25, 0.3) is 0 Å². The van der Waals surface area contributed by atoms with Crippen molar-refractivity contribution in [3.8, 4) is 11.1 Å². The summed E-state index contributed by atoms with van der Waals surface area (Å²) in [5, 5.41) is 6.09. The van der Waals surface area contributed by atoms with E-state index in [-0.39, 0.29) is 6.04 Å². The average Bonchev–Trinajstić information content (AvgIpc) is 2.94. The molecule has 1 aliphatic carbocycles. The second kappa shape index (κ2) is 11.5. The maximum atomic E-state index is 13.3. The van der Waals surface area contributed by atoms with Crippen LogP contribution in [-0.4, -0.2) is 48.9 Å². The number of rotatable bonds is 7. The average molecular weight is 561 g/mol. The smallest absolute Gasteiger partial charge is 0.381 e. The van der Waals surface area contributed by atoms with Crippen LogP contribution in [0.15, 0.2) is 65.8 Å². The number of nitrogens with one attached hydrogen (secondary N) is 2. The summed E-state index contributed by atoms with van der Waals surface area (Å²) in [6.45, 7) is 1.48. The molecule has 208 valence electrons. The number of pyridine rings is 2. The van der Waals surface area contributed by atoms with Crippen molar-refractivity contribution in [2.45, 2.75) is 66.9 Å². The molecule has 39 heavy (non-hydrogen) atoms. The van der Waals surface area contributed by atoms with Gasteiger partial charge >= 0.3 is 6.18 Å². The van der Waals surface area contributed by atoms with Crippen LogP contribution in [0.3, 0.4) is 0 Å². The summed E-state index contributed by atoms with van der Waals surface area (Å²) in [6, 6.07) is 13.4. The van der Waals surface area contributed by atoms with Gasteiger partial charge in [0.2, 0.25) is 0 Å². The Morgan fingerprint density at radius 1 is 0.769 bits per heavy atom. The predicted molar refractivity (Wildman–Crippen MR) is 143 cm³/mol. The van der Waals surface area contributed by atoms with Crippen molar-refractivity contribution >= 4 is 21.5 Å². The maximum absolute atomic E-state index is 13.3. The number of hydrogen-bond donors (Lipinski definition) is 2. The van der Waals surface area contributed by atoms with Crippen LogP contribution < -0.4 is 10.6 Å². The van der Waals surface area contributed by atoms with E-state index in [0.29, 0.717) is 42.4 Å². The first kappa shape index (κ1) is 27.4. The van der Waals surface area contributed by atoms with Crippen molar-refractivity contribution in [2.24, 2.45) is 0 Å². The molecule has 0 amide bonds. The number of benzene rings is 1. The zero-order valence-corrected chi connectivity index (χ0v) is 22.1. The molecule has 1 aromatic carbocycles. The van der Waals surface area contributed by atoms with Crippen LogP contribution in [0, 0.1) is 0 Å². The standard InChI is InChI=1S/C28H31F3N4O3S/c29-28(30,31)21-3-10-26(33-18-21)34-22-4-8-25(9-5-22)39(36,37)24-6-1-19(2-7-24)20-11-14-32-27(17-20)35-23-12-15-38-16-13-23/h1-3,6-7,10-11,14,17-18,22-23,25H,4-5,8-9,12-13,15-16H2,(H,32,35)(H,33,34)/t22-,25-. The molecular weight excluding hydrogens is 529 g/mol. The topological polar surface area (TPSA) is 93.2 Å². The van der Waals surface area contributed by atoms with Gasteiger partial charge in [0, 0.05) is 37.7 Å². The molecule has 3 heterocycles. The molecule has 2 fully saturated rings. The molecule has 0 radical (unpaired) electrons. The van der Waals surface area contributed by atoms with Gasteiger partial charge in [-0.05, 0) is 86.1 Å². The first-order valence-corrected chi connectivity index (χ1v) is 14.7. The van der Waals surface area contributed by atoms with Crippen LogP contribution in [0.25, 0.3) is 11.1 Å². The van der Waals surface area contributed by atoms with Crippen molar-refractivity contribution in [3.05, 3.63) is 66.5 Å². The van der Waals surface area contributed by atoms with E-state index in [1.165, 1.54) is 6.07 Å². The third-order valence-electron chi connectivity index (χ3n) is 7.41. The number of anilines is 2. The number of ether oxygens (including phenoxy) is 1. The molecule has 1 saturated heterocycles. The molecule has 2 aliphatic rings. The van der Waals surface area contributed by atoms with E-state index in [4.69, 9.17) is 4.74 Å². The number of aromatic nitrogens is 2. The van der Waals surface area contributed by atoms with Crippen LogP contribution >= 0.6 is 0 Å². The van der Waals surface area contributed by atoms with Crippen LogP contribution in [0.5, 0.6) is 0 Å². The molecule has 1 saturated carbocycles. The highest BCUT2D eigenvalue weighted by molar-refractivity contribution is 7.92. The van der Waals surface area contributed by atoms with Gasteiger partial charge in [-0.1, -0.05) is 12.1 Å². The van der Waals surface area contributed by atoms with Crippen LogP contribution in [0.2, 0.25) is 0 Å². The molecule has 0 unspecified atom stereocenters. The molecule has 1 aliphatic heterocycles. The summed E-state index contributed by atoms with van der Waals surface area (Å²) in [5.41, 5.74) is 1.06. The third-order valence-corrected chi connectivity index (χ3v) is 9.68. The number of hydrogen-bond acceptors (Lipinski definition) is 7. The normalized spacial score (nSPS) is 20.9. The molecule has 11 heteroatoms. The van der Waals surface area contributed by atoms with Gasteiger partial charge in [-0.15, -0.1) is 0 Å². The molecule has 0 atom stereocenters. The van der Waals surface area contributed by atoms with Gasteiger partial charge < -0.3 is 15.4 Å². The third kappa shape index (κ3) is 6.70. The van der Waals surface area contributed by atoms with Crippen LogP contribution in [-0.2, 0) is 20.8 Å². The molecule has 0 bridgehead atoms. The molecule has 0 spiro atoms. The Bertz CT molecular complexity index is 1350. The van der Waals surface area contributed by atoms with Gasteiger partial charge in [0.05, 0.1) is 15.7 Å². The van der Waals surface area contributed by atoms with Gasteiger partial charge in [0.1, 0.15) is 11.6 Å². The van der Waals surface area contributed by atoms with E-state index in [1.807, 2.05) is 24.3 Å². The molecule has 2 N–H and O–H groups in total. The Morgan fingerprint density at radius 3 is 2.08 bits per heavy atom. The number of sulfone groups is 1. The Kier molecular flexibility index (Phi) is 8.08. The van der Waals surface area contributed by atoms with Crippen LogP contribution in [0.1, 0.15) is 44.1 Å². The second-order valence-corrected chi connectivity index (χ2v) is 12.3. The lowest BCUT2D eigenvalue weighted by atomic mass is 9.95. The zero-order valence-electron chi connectivity index (χ0n) is 21.3. The highest BCUT2D eigenvalue weighted by Crippen LogP contribution is 2.33. The quantitative estimate of drug-likeness (QED) is 0.369. The fourth-order valence-corrected chi connectivity index (χ4v) is 6.94. The summed E-state index contributed by atoms with van der Waals surface area (Å²) < 4.78 is 70.3. The van der Waals surface area contributed by atoms with Crippen molar-refractivity contribution < 1.29 is 26.3 Å². The zero-order chi connectivity index (χ0) is 27.5. The summed E-state index contributed by atoms with van der Waals surface area (Å²) in [6.07, 6.45) is 2.09. The summed E-state index contributed by atoms with van der Waals surface area (Å²) in [4.78, 5) is 8.57. The van der Waals surface area contributed by atoms with Crippen molar-refractivity contribution in [3.63, 3.8) is 0 Å². The predicted octanol–water partition coefficient (Wildman–Crippen LogP) is 5.95. The van der Waals surface area contributed by atoms with Crippen molar-refractivity contribution in [1.82, 2.24) is 9.97 Å². The molecular formula is C28H31F3N4O3S. The lowest BCUT2D eigenvalue weighted by Gasteiger charge is -2.29. The van der Waals surface area contributed by atoms with Gasteiger partial charge in [-0.3, -0.25) is 0 Å². The van der Waals surface area contributed by atoms with E-state index in [2.05, 4.69) is 20.6 Å². The van der Waals surface area contributed by atoms with Crippen molar-refractivity contribution in [2.75, 3.05) is 23.8 Å². The highest BCUT2D eigenvalue weighted by Gasteiger charge is 2.33. The molecule has 3 aromatic rings. The van der Waals surface area contributed by atoms with E-state index in [1.54, 1.807) is 18.3 Å². The number of nitrogens with zero attached hydrogens (tertiary/aromatic N) is 2. The Morgan fingerprint density at radius 2 is 1.44 bits per heavy atom. The minimum Gasteiger partial charge on any atom is -0.381 e. The van der Waals surface area contributed by atoms with Gasteiger partial charge in [-0.2, -0.15) is 13.2 Å². The lowest BCUT2D eigenvalue weighted by Crippen LogP contribution is -2.33. The molecule has 7 nitrogen and oxygen atoms in total. The Labute approximate surface area is 226 Å². The van der Waals surface area contributed by atoms with E-state index >= 15 is 0 Å². The maximum Gasteiger partial charge on any atom is 0.417 e. The number of halogens is 3. The van der Waals surface area contributed by atoms with E-state index in [0.717, 1.165) is 55.3 Å². The SMILES string of the molecule is O=S(=O)(c1ccc(-c2ccnc(NC3CCOCC3)c2)cc1)[C@H]1CC[C@H](Nc2ccc(C(F)(F)F)cn2)CC1. The minimum absolute atomic E-state index is 0.0429. The van der Waals surface area contributed by atoms with E-state index < -0.39 is 26.8 Å². The van der Waals surface area contributed by atoms with Crippen molar-refractivity contribution in [1.29, 1.82) is 0 Å². The lowest BCUT2D eigenvalue weighted by molar-refractivity contribution is -0.137. The first-order chi connectivity index (χ1) is 18.7. The van der Waals surface area contributed by atoms with Gasteiger partial charge in [-0.25, -0.2) is 18.4 Å². The first-order valence-electron chi connectivity index (χ1n) is 13.1. The van der Waals surface area contributed by atoms with E-state index in [9.17, 15) is 21.6 Å². The summed E-state index contributed by atoms with van der Waals surface area (Å²) >= 11 is 0. The molecule has 2 aromatic heterocycles.